The van der Waals surface area contributed by atoms with Crippen LogP contribution in [-0.2, 0) is 16.0 Å². The van der Waals surface area contributed by atoms with E-state index in [1.165, 1.54) is 10.5 Å². The number of ether oxygens (including phenoxy) is 1. The number of hydrogen-bond donors (Lipinski definition) is 1. The normalized spacial score (nSPS) is 18.3. The van der Waals surface area contributed by atoms with Gasteiger partial charge in [-0.15, -0.1) is 0 Å². The standard InChI is InChI=1S/C22H20ClN3O3/c1-26-19-11-16(23)7-8-20(19)29-13-18(22(26)28)25-21(27)17-10-15(12-24-17)9-14-5-3-2-4-6-14/h2-8,10-11,18H,9,12-13H2,1H3,(H,25,27)/t18-/m1/s1. The van der Waals surface area contributed by atoms with E-state index in [1.807, 2.05) is 30.3 Å². The van der Waals surface area contributed by atoms with E-state index in [9.17, 15) is 9.59 Å². The van der Waals surface area contributed by atoms with Gasteiger partial charge in [0.05, 0.1) is 12.2 Å². The van der Waals surface area contributed by atoms with Crippen molar-refractivity contribution in [3.05, 3.63) is 70.8 Å². The number of rotatable bonds is 4. The molecule has 2 aliphatic rings. The molecule has 0 aromatic heterocycles. The molecular formula is C22H20ClN3O3. The van der Waals surface area contributed by atoms with E-state index >= 15 is 0 Å². The Bertz CT molecular complexity index is 1020. The Hall–Kier alpha value is -3.12. The molecule has 4 rings (SSSR count). The van der Waals surface area contributed by atoms with Crippen LogP contribution in [0.5, 0.6) is 5.75 Å². The average Bonchev–Trinajstić information content (AvgIpc) is 3.16. The first-order valence-electron chi connectivity index (χ1n) is 9.30. The fraction of sp³-hybridized carbons (Fsp3) is 0.227. The first-order chi connectivity index (χ1) is 14.0. The number of anilines is 1. The Morgan fingerprint density at radius 3 is 2.86 bits per heavy atom. The van der Waals surface area contributed by atoms with Crippen molar-refractivity contribution in [1.82, 2.24) is 5.32 Å². The summed E-state index contributed by atoms with van der Waals surface area (Å²) in [5.74, 6) is -0.107. The summed E-state index contributed by atoms with van der Waals surface area (Å²) in [5.41, 5.74) is 3.13. The molecule has 1 N–H and O–H groups in total. The summed E-state index contributed by atoms with van der Waals surface area (Å²) in [6.07, 6.45) is 2.54. The fourth-order valence-corrected chi connectivity index (χ4v) is 3.55. The number of nitrogens with zero attached hydrogens (tertiary/aromatic N) is 2. The lowest BCUT2D eigenvalue weighted by Crippen LogP contribution is -2.50. The van der Waals surface area contributed by atoms with Gasteiger partial charge >= 0.3 is 0 Å². The zero-order chi connectivity index (χ0) is 20.4. The van der Waals surface area contributed by atoms with Crippen molar-refractivity contribution in [3.63, 3.8) is 0 Å². The van der Waals surface area contributed by atoms with Gasteiger partial charge in [-0.2, -0.15) is 0 Å². The molecule has 1 atom stereocenters. The topological polar surface area (TPSA) is 71.0 Å². The summed E-state index contributed by atoms with van der Waals surface area (Å²) < 4.78 is 5.73. The number of carbonyl (C=O) groups excluding carboxylic acids is 2. The van der Waals surface area contributed by atoms with E-state index in [1.54, 1.807) is 31.3 Å². The lowest BCUT2D eigenvalue weighted by atomic mass is 10.1. The third kappa shape index (κ3) is 4.17. The maximum atomic E-state index is 12.8. The first kappa shape index (κ1) is 19.2. The highest BCUT2D eigenvalue weighted by atomic mass is 35.5. The average molecular weight is 410 g/mol. The quantitative estimate of drug-likeness (QED) is 0.844. The summed E-state index contributed by atoms with van der Waals surface area (Å²) in [6, 6.07) is 14.3. The molecule has 7 heteroatoms. The highest BCUT2D eigenvalue weighted by Gasteiger charge is 2.31. The number of benzene rings is 2. The second-order valence-corrected chi connectivity index (χ2v) is 7.45. The highest BCUT2D eigenvalue weighted by molar-refractivity contribution is 6.44. The summed E-state index contributed by atoms with van der Waals surface area (Å²) in [7, 11) is 1.64. The van der Waals surface area contributed by atoms with Crippen molar-refractivity contribution >= 4 is 34.8 Å². The van der Waals surface area contributed by atoms with Crippen molar-refractivity contribution in [2.75, 3.05) is 25.1 Å². The van der Waals surface area contributed by atoms with Crippen LogP contribution in [0.2, 0.25) is 5.02 Å². The predicted molar refractivity (Wildman–Crippen MR) is 113 cm³/mol. The molecule has 0 aliphatic carbocycles. The smallest absolute Gasteiger partial charge is 0.270 e. The van der Waals surface area contributed by atoms with E-state index in [-0.39, 0.29) is 18.4 Å². The maximum Gasteiger partial charge on any atom is 0.270 e. The van der Waals surface area contributed by atoms with Gasteiger partial charge in [0.2, 0.25) is 0 Å². The van der Waals surface area contributed by atoms with E-state index in [0.29, 0.717) is 28.7 Å². The van der Waals surface area contributed by atoms with E-state index < -0.39 is 6.04 Å². The second-order valence-electron chi connectivity index (χ2n) is 7.01. The number of fused-ring (bicyclic) bond motifs is 1. The van der Waals surface area contributed by atoms with Gasteiger partial charge in [-0.1, -0.05) is 41.9 Å². The summed E-state index contributed by atoms with van der Waals surface area (Å²) >= 11 is 6.04. The maximum absolute atomic E-state index is 12.8. The fourth-order valence-electron chi connectivity index (χ4n) is 3.38. The molecule has 29 heavy (non-hydrogen) atoms. The molecule has 0 spiro atoms. The van der Waals surface area contributed by atoms with Gasteiger partial charge in [-0.05, 0) is 41.8 Å². The number of hydrogen-bond acceptors (Lipinski definition) is 4. The summed E-state index contributed by atoms with van der Waals surface area (Å²) in [6.45, 7) is 0.522. The molecular weight excluding hydrogens is 390 g/mol. The number of amides is 2. The Labute approximate surface area is 173 Å². The van der Waals surface area contributed by atoms with Gasteiger partial charge in [0.15, 0.2) is 0 Å². The molecule has 0 bridgehead atoms. The Kier molecular flexibility index (Phi) is 5.36. The minimum atomic E-state index is -0.812. The van der Waals surface area contributed by atoms with Crippen molar-refractivity contribution in [3.8, 4) is 5.75 Å². The van der Waals surface area contributed by atoms with Crippen LogP contribution < -0.4 is 15.0 Å². The molecule has 148 valence electrons. The molecule has 2 aromatic rings. The van der Waals surface area contributed by atoms with Gasteiger partial charge in [-0.25, -0.2) is 0 Å². The third-order valence-electron chi connectivity index (χ3n) is 4.92. The van der Waals surface area contributed by atoms with Crippen LogP contribution in [0, 0.1) is 0 Å². The Morgan fingerprint density at radius 2 is 2.07 bits per heavy atom. The zero-order valence-electron chi connectivity index (χ0n) is 15.9. The SMILES string of the molecule is CN1C(=O)[C@H](NC(=O)C2=NCC(Cc3ccccc3)=C2)COc2ccc(Cl)cc21. The minimum absolute atomic E-state index is 0.0391. The van der Waals surface area contributed by atoms with Crippen LogP contribution >= 0.6 is 11.6 Å². The van der Waals surface area contributed by atoms with Crippen LogP contribution in [0.15, 0.2) is 65.2 Å². The molecule has 0 unspecified atom stereocenters. The van der Waals surface area contributed by atoms with Crippen molar-refractivity contribution in [2.45, 2.75) is 12.5 Å². The predicted octanol–water partition coefficient (Wildman–Crippen LogP) is 2.80. The number of carbonyl (C=O) groups is 2. The molecule has 0 fully saturated rings. The van der Waals surface area contributed by atoms with Crippen molar-refractivity contribution in [2.24, 2.45) is 4.99 Å². The van der Waals surface area contributed by atoms with Gasteiger partial charge < -0.3 is 15.0 Å². The molecule has 6 nitrogen and oxygen atoms in total. The van der Waals surface area contributed by atoms with Gasteiger partial charge in [0.25, 0.3) is 11.8 Å². The number of likely N-dealkylation sites (N-methyl/N-ethyl adjacent to an activating group) is 1. The molecule has 2 amide bonds. The Balaban J connectivity index is 1.43. The van der Waals surface area contributed by atoms with Crippen LogP contribution in [0.1, 0.15) is 5.56 Å². The van der Waals surface area contributed by atoms with Crippen LogP contribution in [0.3, 0.4) is 0 Å². The number of aliphatic imine (C=N–C) groups is 1. The summed E-state index contributed by atoms with van der Waals surface area (Å²) in [5, 5.41) is 3.26. The van der Waals surface area contributed by atoms with Gasteiger partial charge in [-0.3, -0.25) is 14.6 Å². The van der Waals surface area contributed by atoms with Crippen LogP contribution in [-0.4, -0.2) is 43.8 Å². The zero-order valence-corrected chi connectivity index (χ0v) is 16.6. The Morgan fingerprint density at radius 1 is 1.28 bits per heavy atom. The van der Waals surface area contributed by atoms with Crippen molar-refractivity contribution < 1.29 is 14.3 Å². The lowest BCUT2D eigenvalue weighted by Gasteiger charge is -2.20. The highest BCUT2D eigenvalue weighted by Crippen LogP contribution is 2.33. The van der Waals surface area contributed by atoms with Gasteiger partial charge in [0.1, 0.15) is 24.1 Å². The van der Waals surface area contributed by atoms with E-state index in [2.05, 4.69) is 10.3 Å². The molecule has 0 saturated heterocycles. The monoisotopic (exact) mass is 409 g/mol. The lowest BCUT2D eigenvalue weighted by molar-refractivity contribution is -0.124. The van der Waals surface area contributed by atoms with Crippen molar-refractivity contribution in [1.29, 1.82) is 0 Å². The van der Waals surface area contributed by atoms with E-state index in [4.69, 9.17) is 16.3 Å². The minimum Gasteiger partial charge on any atom is -0.489 e. The third-order valence-corrected chi connectivity index (χ3v) is 5.16. The first-order valence-corrected chi connectivity index (χ1v) is 9.67. The molecule has 0 saturated carbocycles. The largest absolute Gasteiger partial charge is 0.489 e. The molecule has 2 heterocycles. The van der Waals surface area contributed by atoms with Crippen LogP contribution in [0.4, 0.5) is 5.69 Å². The summed E-state index contributed by atoms with van der Waals surface area (Å²) in [4.78, 5) is 31.3. The van der Waals surface area contributed by atoms with Gasteiger partial charge in [0, 0.05) is 12.1 Å². The molecule has 0 radical (unpaired) electrons. The number of nitrogens with one attached hydrogen (secondary N) is 1. The number of halogens is 1. The van der Waals surface area contributed by atoms with E-state index in [0.717, 1.165) is 12.0 Å². The van der Waals surface area contributed by atoms with Crippen LogP contribution in [0.25, 0.3) is 0 Å². The molecule has 2 aromatic carbocycles. The second kappa shape index (κ2) is 8.09. The molecule has 2 aliphatic heterocycles.